The Kier molecular flexibility index (Phi) is 5.61. The summed E-state index contributed by atoms with van der Waals surface area (Å²) in [4.78, 5) is 29.3. The molecule has 1 aliphatic heterocycles. The molecule has 1 N–H and O–H groups in total. The molecule has 1 fully saturated rings. The first-order chi connectivity index (χ1) is 12.6. The van der Waals surface area contributed by atoms with E-state index in [1.165, 1.54) is 12.0 Å². The second-order valence-electron chi connectivity index (χ2n) is 6.82. The van der Waals surface area contributed by atoms with E-state index in [1.807, 2.05) is 36.9 Å². The van der Waals surface area contributed by atoms with Gasteiger partial charge < -0.3 is 19.5 Å². The Morgan fingerprint density at radius 2 is 1.69 bits per heavy atom. The maximum absolute atomic E-state index is 13.0. The van der Waals surface area contributed by atoms with Crippen LogP contribution in [0.2, 0.25) is 0 Å². The van der Waals surface area contributed by atoms with Crippen molar-refractivity contribution < 1.29 is 14.0 Å². The van der Waals surface area contributed by atoms with Gasteiger partial charge in [-0.3, -0.25) is 9.59 Å². The fourth-order valence-corrected chi connectivity index (χ4v) is 3.15. The van der Waals surface area contributed by atoms with Crippen LogP contribution in [-0.2, 0) is 4.79 Å². The Hall–Kier alpha value is -2.76. The lowest BCUT2D eigenvalue weighted by atomic mass is 10.0. The predicted molar refractivity (Wildman–Crippen MR) is 100 cm³/mol. The number of nitrogens with one attached hydrogen (secondary N) is 1. The second kappa shape index (κ2) is 8.08. The van der Waals surface area contributed by atoms with Gasteiger partial charge in [0, 0.05) is 31.9 Å². The lowest BCUT2D eigenvalue weighted by Gasteiger charge is -2.38. The van der Waals surface area contributed by atoms with Gasteiger partial charge in [0.1, 0.15) is 6.04 Å². The standard InChI is InChI=1S/C20H25N3O3/c1-15(2)18(21-19(24)17-9-6-14-26-17)20(25)23-12-10-22(11-13-23)16-7-4-3-5-8-16/h3-9,14-15,18H,10-13H2,1-2H3,(H,21,24). The predicted octanol–water partition coefficient (Wildman–Crippen LogP) is 2.38. The number of para-hydroxylation sites is 1. The van der Waals surface area contributed by atoms with Crippen molar-refractivity contribution in [3.8, 4) is 0 Å². The summed E-state index contributed by atoms with van der Waals surface area (Å²) in [6.07, 6.45) is 1.45. The summed E-state index contributed by atoms with van der Waals surface area (Å²) in [6, 6.07) is 12.9. The van der Waals surface area contributed by atoms with Crippen molar-refractivity contribution in [3.63, 3.8) is 0 Å². The van der Waals surface area contributed by atoms with Crippen molar-refractivity contribution >= 4 is 17.5 Å². The number of carbonyl (C=O) groups is 2. The quantitative estimate of drug-likeness (QED) is 0.894. The molecule has 2 heterocycles. The summed E-state index contributed by atoms with van der Waals surface area (Å²) in [5, 5.41) is 2.82. The van der Waals surface area contributed by atoms with Gasteiger partial charge in [-0.05, 0) is 30.2 Å². The first-order valence-corrected chi connectivity index (χ1v) is 8.99. The smallest absolute Gasteiger partial charge is 0.287 e. The number of carbonyl (C=O) groups excluding carboxylic acids is 2. The third-order valence-electron chi connectivity index (χ3n) is 4.68. The van der Waals surface area contributed by atoms with Crippen LogP contribution in [0.1, 0.15) is 24.4 Å². The van der Waals surface area contributed by atoms with E-state index < -0.39 is 6.04 Å². The Labute approximate surface area is 153 Å². The molecule has 0 saturated carbocycles. The summed E-state index contributed by atoms with van der Waals surface area (Å²) >= 11 is 0. The van der Waals surface area contributed by atoms with Crippen LogP contribution in [0.15, 0.2) is 53.1 Å². The summed E-state index contributed by atoms with van der Waals surface area (Å²) in [5.74, 6) is -0.177. The zero-order chi connectivity index (χ0) is 18.5. The molecule has 1 aromatic carbocycles. The van der Waals surface area contributed by atoms with E-state index in [-0.39, 0.29) is 23.5 Å². The second-order valence-corrected chi connectivity index (χ2v) is 6.82. The summed E-state index contributed by atoms with van der Waals surface area (Å²) in [6.45, 7) is 6.73. The van der Waals surface area contributed by atoms with Crippen LogP contribution in [0.5, 0.6) is 0 Å². The summed E-state index contributed by atoms with van der Waals surface area (Å²) in [7, 11) is 0. The van der Waals surface area contributed by atoms with E-state index in [2.05, 4.69) is 22.3 Å². The van der Waals surface area contributed by atoms with E-state index in [9.17, 15) is 9.59 Å². The lowest BCUT2D eigenvalue weighted by Crippen LogP contribution is -2.56. The Balaban J connectivity index is 1.60. The molecule has 6 heteroatoms. The number of hydrogen-bond acceptors (Lipinski definition) is 4. The van der Waals surface area contributed by atoms with Crippen LogP contribution in [-0.4, -0.2) is 48.9 Å². The van der Waals surface area contributed by atoms with Gasteiger partial charge in [0.2, 0.25) is 5.91 Å². The highest BCUT2D eigenvalue weighted by Crippen LogP contribution is 2.17. The molecule has 26 heavy (non-hydrogen) atoms. The lowest BCUT2D eigenvalue weighted by molar-refractivity contribution is -0.134. The highest BCUT2D eigenvalue weighted by atomic mass is 16.3. The van der Waals surface area contributed by atoms with Gasteiger partial charge >= 0.3 is 0 Å². The Morgan fingerprint density at radius 1 is 1.00 bits per heavy atom. The number of furan rings is 1. The zero-order valence-electron chi connectivity index (χ0n) is 15.2. The van der Waals surface area contributed by atoms with Gasteiger partial charge in [0.15, 0.2) is 5.76 Å². The Morgan fingerprint density at radius 3 is 2.27 bits per heavy atom. The van der Waals surface area contributed by atoms with Crippen molar-refractivity contribution in [2.45, 2.75) is 19.9 Å². The van der Waals surface area contributed by atoms with Crippen molar-refractivity contribution in [2.75, 3.05) is 31.1 Å². The minimum absolute atomic E-state index is 0.00596. The van der Waals surface area contributed by atoms with Crippen molar-refractivity contribution in [3.05, 3.63) is 54.5 Å². The van der Waals surface area contributed by atoms with Gasteiger partial charge in [-0.1, -0.05) is 32.0 Å². The molecule has 1 saturated heterocycles. The van der Waals surface area contributed by atoms with Crippen LogP contribution >= 0.6 is 0 Å². The molecule has 1 aromatic heterocycles. The first-order valence-electron chi connectivity index (χ1n) is 8.99. The normalized spacial score (nSPS) is 15.8. The number of piperazine rings is 1. The van der Waals surface area contributed by atoms with Crippen LogP contribution in [0.4, 0.5) is 5.69 Å². The largest absolute Gasteiger partial charge is 0.459 e. The first kappa shape index (κ1) is 18.0. The van der Waals surface area contributed by atoms with Gasteiger partial charge in [0.05, 0.1) is 6.26 Å². The maximum atomic E-state index is 13.0. The molecule has 1 unspecified atom stereocenters. The number of hydrogen-bond donors (Lipinski definition) is 1. The number of nitrogens with zero attached hydrogens (tertiary/aromatic N) is 2. The molecule has 1 atom stereocenters. The molecule has 3 rings (SSSR count). The molecule has 138 valence electrons. The number of rotatable bonds is 5. The van der Waals surface area contributed by atoms with Crippen LogP contribution < -0.4 is 10.2 Å². The number of anilines is 1. The molecule has 2 amide bonds. The molecule has 0 bridgehead atoms. The molecule has 0 aliphatic carbocycles. The van der Waals surface area contributed by atoms with Gasteiger partial charge in [-0.2, -0.15) is 0 Å². The monoisotopic (exact) mass is 355 g/mol. The fraction of sp³-hybridized carbons (Fsp3) is 0.400. The zero-order valence-corrected chi connectivity index (χ0v) is 15.2. The molecule has 0 radical (unpaired) electrons. The van der Waals surface area contributed by atoms with E-state index in [0.717, 1.165) is 13.1 Å². The van der Waals surface area contributed by atoms with E-state index in [4.69, 9.17) is 4.42 Å². The van der Waals surface area contributed by atoms with Crippen molar-refractivity contribution in [2.24, 2.45) is 5.92 Å². The van der Waals surface area contributed by atoms with Gasteiger partial charge in [0.25, 0.3) is 5.91 Å². The summed E-state index contributed by atoms with van der Waals surface area (Å²) < 4.78 is 5.12. The van der Waals surface area contributed by atoms with Gasteiger partial charge in [-0.25, -0.2) is 0 Å². The number of benzene rings is 1. The summed E-state index contributed by atoms with van der Waals surface area (Å²) in [5.41, 5.74) is 1.17. The average molecular weight is 355 g/mol. The van der Waals surface area contributed by atoms with E-state index >= 15 is 0 Å². The topological polar surface area (TPSA) is 65.8 Å². The highest BCUT2D eigenvalue weighted by Gasteiger charge is 2.31. The maximum Gasteiger partial charge on any atom is 0.287 e. The SMILES string of the molecule is CC(C)C(NC(=O)c1ccco1)C(=O)N1CCN(c2ccccc2)CC1. The Bertz CT molecular complexity index is 720. The molecular formula is C20H25N3O3. The molecule has 2 aromatic rings. The van der Waals surface area contributed by atoms with Crippen LogP contribution in [0.3, 0.4) is 0 Å². The number of amides is 2. The van der Waals surface area contributed by atoms with Crippen LogP contribution in [0.25, 0.3) is 0 Å². The fourth-order valence-electron chi connectivity index (χ4n) is 3.15. The average Bonchev–Trinajstić information content (AvgIpc) is 3.21. The van der Waals surface area contributed by atoms with Crippen molar-refractivity contribution in [1.29, 1.82) is 0 Å². The molecule has 1 aliphatic rings. The minimum Gasteiger partial charge on any atom is -0.459 e. The van der Waals surface area contributed by atoms with E-state index in [1.54, 1.807) is 12.1 Å². The van der Waals surface area contributed by atoms with Gasteiger partial charge in [-0.15, -0.1) is 0 Å². The minimum atomic E-state index is -0.559. The van der Waals surface area contributed by atoms with Crippen molar-refractivity contribution in [1.82, 2.24) is 10.2 Å². The highest BCUT2D eigenvalue weighted by molar-refractivity contribution is 5.95. The molecule has 6 nitrogen and oxygen atoms in total. The van der Waals surface area contributed by atoms with Crippen LogP contribution in [0, 0.1) is 5.92 Å². The third-order valence-corrected chi connectivity index (χ3v) is 4.68. The molecule has 0 spiro atoms. The van der Waals surface area contributed by atoms with E-state index in [0.29, 0.717) is 13.1 Å². The third kappa shape index (κ3) is 4.07. The molecular weight excluding hydrogens is 330 g/mol.